The van der Waals surface area contributed by atoms with E-state index in [9.17, 15) is 19.5 Å². The number of fused-ring (bicyclic) bond motifs is 2. The Kier molecular flexibility index (Phi) is 7.22. The maximum atomic E-state index is 14.1. The highest BCUT2D eigenvalue weighted by Gasteiger charge is 2.75. The van der Waals surface area contributed by atoms with Crippen molar-refractivity contribution in [3.8, 4) is 0 Å². The molecule has 1 N–H and O–H groups in total. The van der Waals surface area contributed by atoms with E-state index in [1.807, 2.05) is 31.2 Å². The van der Waals surface area contributed by atoms with Gasteiger partial charge in [-0.05, 0) is 19.3 Å². The van der Waals surface area contributed by atoms with Gasteiger partial charge in [0.15, 0.2) is 0 Å². The zero-order valence-corrected chi connectivity index (χ0v) is 21.0. The number of morpholine rings is 1. The second-order valence-electron chi connectivity index (χ2n) is 10.2. The molecule has 10 heteroatoms. The molecular formula is C26H37N3O7. The SMILES string of the molecule is CC[C@]12C=CCCOC(=O)[C@H]1[C@H]1C(=O)N(CCCO)C3C(=O)N(CCN4CCOCC4)CC=C[C@@]31O2. The largest absolute Gasteiger partial charge is 0.465 e. The normalized spacial score (nSPS) is 36.7. The van der Waals surface area contributed by atoms with Crippen LogP contribution >= 0.6 is 0 Å². The zero-order chi connectivity index (χ0) is 25.3. The smallest absolute Gasteiger partial charge is 0.313 e. The summed E-state index contributed by atoms with van der Waals surface area (Å²) in [6.45, 7) is 6.96. The highest BCUT2D eigenvalue weighted by molar-refractivity contribution is 5.99. The summed E-state index contributed by atoms with van der Waals surface area (Å²) in [5.41, 5.74) is -2.29. The topological polar surface area (TPSA) is 109 Å². The number of aliphatic hydroxyl groups is 1. The molecule has 1 unspecified atom stereocenters. The molecule has 1 spiro atoms. The molecule has 5 rings (SSSR count). The third-order valence-corrected chi connectivity index (χ3v) is 8.33. The van der Waals surface area contributed by atoms with Crippen LogP contribution in [0.1, 0.15) is 26.2 Å². The third kappa shape index (κ3) is 4.08. The Morgan fingerprint density at radius 3 is 2.56 bits per heavy atom. The van der Waals surface area contributed by atoms with Gasteiger partial charge in [0, 0.05) is 45.9 Å². The van der Waals surface area contributed by atoms with Gasteiger partial charge in [-0.1, -0.05) is 31.2 Å². The molecule has 0 radical (unpaired) electrons. The van der Waals surface area contributed by atoms with Crippen molar-refractivity contribution in [1.29, 1.82) is 0 Å². The van der Waals surface area contributed by atoms with E-state index >= 15 is 0 Å². The highest BCUT2D eigenvalue weighted by Crippen LogP contribution is 2.58. The van der Waals surface area contributed by atoms with Crippen molar-refractivity contribution >= 4 is 17.8 Å². The number of rotatable bonds is 7. The predicted octanol–water partition coefficient (Wildman–Crippen LogP) is -0.0365. The lowest BCUT2D eigenvalue weighted by Gasteiger charge is -2.39. The lowest BCUT2D eigenvalue weighted by Crippen LogP contribution is -2.57. The van der Waals surface area contributed by atoms with Crippen molar-refractivity contribution in [3.05, 3.63) is 24.3 Å². The Morgan fingerprint density at radius 2 is 1.81 bits per heavy atom. The number of likely N-dealkylation sites (tertiary alicyclic amines) is 1. The fraction of sp³-hybridized carbons (Fsp3) is 0.731. The lowest BCUT2D eigenvalue weighted by atomic mass is 9.73. The molecule has 5 aliphatic rings. The number of esters is 1. The number of nitrogens with zero attached hydrogens (tertiary/aromatic N) is 3. The predicted molar refractivity (Wildman–Crippen MR) is 129 cm³/mol. The molecule has 10 nitrogen and oxygen atoms in total. The van der Waals surface area contributed by atoms with E-state index in [2.05, 4.69) is 4.90 Å². The Hall–Kier alpha value is -2.27. The van der Waals surface area contributed by atoms with Gasteiger partial charge >= 0.3 is 5.97 Å². The monoisotopic (exact) mass is 503 g/mol. The van der Waals surface area contributed by atoms with Gasteiger partial charge in [0.25, 0.3) is 0 Å². The van der Waals surface area contributed by atoms with Gasteiger partial charge in [0.05, 0.1) is 25.7 Å². The van der Waals surface area contributed by atoms with Crippen molar-refractivity contribution in [2.45, 2.75) is 43.4 Å². The molecule has 3 fully saturated rings. The minimum Gasteiger partial charge on any atom is -0.465 e. The van der Waals surface area contributed by atoms with E-state index in [1.54, 1.807) is 4.90 Å². The summed E-state index contributed by atoms with van der Waals surface area (Å²) < 4.78 is 17.8. The second kappa shape index (κ2) is 10.2. The van der Waals surface area contributed by atoms with Gasteiger partial charge in [-0.15, -0.1) is 0 Å². The van der Waals surface area contributed by atoms with Crippen LogP contribution in [0.15, 0.2) is 24.3 Å². The molecule has 2 amide bonds. The first-order valence-corrected chi connectivity index (χ1v) is 13.2. The fourth-order valence-electron chi connectivity index (χ4n) is 6.54. The second-order valence-corrected chi connectivity index (χ2v) is 10.2. The number of carbonyl (C=O) groups excluding carboxylic acids is 3. The number of aliphatic hydroxyl groups excluding tert-OH is 1. The summed E-state index contributed by atoms with van der Waals surface area (Å²) in [6, 6.07) is -0.900. The van der Waals surface area contributed by atoms with E-state index in [0.717, 1.165) is 13.1 Å². The first-order valence-electron chi connectivity index (χ1n) is 13.2. The summed E-state index contributed by atoms with van der Waals surface area (Å²) in [6.07, 6.45) is 9.00. The van der Waals surface area contributed by atoms with Gasteiger partial charge < -0.3 is 29.1 Å². The van der Waals surface area contributed by atoms with E-state index in [1.165, 1.54) is 4.90 Å². The average molecular weight is 504 g/mol. The van der Waals surface area contributed by atoms with Crippen LogP contribution in [-0.4, -0.2) is 121 Å². The number of amides is 2. The Labute approximate surface area is 211 Å². The van der Waals surface area contributed by atoms with Crippen LogP contribution in [0.2, 0.25) is 0 Å². The maximum Gasteiger partial charge on any atom is 0.313 e. The van der Waals surface area contributed by atoms with Gasteiger partial charge in [-0.2, -0.15) is 0 Å². The highest BCUT2D eigenvalue weighted by atomic mass is 16.6. The maximum absolute atomic E-state index is 14.1. The van der Waals surface area contributed by atoms with Gasteiger partial charge in [-0.25, -0.2) is 0 Å². The zero-order valence-electron chi connectivity index (χ0n) is 21.0. The van der Waals surface area contributed by atoms with Crippen molar-refractivity contribution in [2.24, 2.45) is 11.8 Å². The standard InChI is InChI=1S/C26H37N3O7/c1-2-25-7-3-4-16-35-24(33)20(25)19-22(31)29(10-6-15-30)21-23(32)28(9-5-8-26(19,21)36-25)12-11-27-13-17-34-18-14-27/h3,5,7-8,19-21,30H,2,4,6,9-18H2,1H3/t19-,20+,21?,25-,26-/m0/s1. The fourth-order valence-corrected chi connectivity index (χ4v) is 6.54. The minimum absolute atomic E-state index is 0.104. The summed E-state index contributed by atoms with van der Waals surface area (Å²) in [5.74, 6) is -2.62. The van der Waals surface area contributed by atoms with Gasteiger partial charge in [0.2, 0.25) is 11.8 Å². The molecule has 0 aromatic carbocycles. The summed E-state index contributed by atoms with van der Waals surface area (Å²) >= 11 is 0. The van der Waals surface area contributed by atoms with Crippen molar-refractivity contribution in [3.63, 3.8) is 0 Å². The molecule has 0 saturated carbocycles. The first-order chi connectivity index (χ1) is 17.5. The first kappa shape index (κ1) is 25.4. The van der Waals surface area contributed by atoms with E-state index in [-0.39, 0.29) is 31.6 Å². The van der Waals surface area contributed by atoms with Crippen molar-refractivity contribution in [1.82, 2.24) is 14.7 Å². The number of ether oxygens (including phenoxy) is 3. The molecule has 0 aromatic rings. The molecular weight excluding hydrogens is 466 g/mol. The van der Waals surface area contributed by atoms with Crippen molar-refractivity contribution < 1.29 is 33.7 Å². The molecule has 0 bridgehead atoms. The Balaban J connectivity index is 1.51. The van der Waals surface area contributed by atoms with Crippen LogP contribution in [0.25, 0.3) is 0 Å². The molecule has 0 aromatic heterocycles. The van der Waals surface area contributed by atoms with E-state index in [4.69, 9.17) is 14.2 Å². The van der Waals surface area contributed by atoms with Crippen LogP contribution in [-0.2, 0) is 28.6 Å². The number of hydrogen-bond donors (Lipinski definition) is 1. The van der Waals surface area contributed by atoms with Gasteiger partial charge in [0.1, 0.15) is 23.2 Å². The number of hydrogen-bond acceptors (Lipinski definition) is 8. The minimum atomic E-state index is -1.27. The molecule has 5 heterocycles. The molecule has 3 saturated heterocycles. The molecule has 0 aliphatic carbocycles. The van der Waals surface area contributed by atoms with Crippen molar-refractivity contribution in [2.75, 3.05) is 65.7 Å². The Bertz CT molecular complexity index is 932. The van der Waals surface area contributed by atoms with Gasteiger partial charge in [-0.3, -0.25) is 19.3 Å². The van der Waals surface area contributed by atoms with E-state index < -0.39 is 35.0 Å². The van der Waals surface area contributed by atoms with Crippen LogP contribution < -0.4 is 0 Å². The molecule has 5 aliphatic heterocycles. The summed E-state index contributed by atoms with van der Waals surface area (Å²) in [7, 11) is 0. The molecule has 36 heavy (non-hydrogen) atoms. The quantitative estimate of drug-likeness (QED) is 0.381. The number of cyclic esters (lactones) is 1. The Morgan fingerprint density at radius 1 is 1.00 bits per heavy atom. The van der Waals surface area contributed by atoms with Crippen LogP contribution in [0.5, 0.6) is 0 Å². The summed E-state index contributed by atoms with van der Waals surface area (Å²) in [5, 5.41) is 9.51. The van der Waals surface area contributed by atoms with E-state index in [0.29, 0.717) is 52.1 Å². The van der Waals surface area contributed by atoms with Crippen LogP contribution in [0, 0.1) is 11.8 Å². The average Bonchev–Trinajstić information content (AvgIpc) is 3.23. The van der Waals surface area contributed by atoms with Crippen LogP contribution in [0.3, 0.4) is 0 Å². The third-order valence-electron chi connectivity index (χ3n) is 8.33. The lowest BCUT2D eigenvalue weighted by molar-refractivity contribution is -0.162. The van der Waals surface area contributed by atoms with Crippen LogP contribution in [0.4, 0.5) is 0 Å². The number of carbonyl (C=O) groups is 3. The molecule has 5 atom stereocenters. The summed E-state index contributed by atoms with van der Waals surface area (Å²) in [4.78, 5) is 47.0. The molecule has 198 valence electrons.